The Labute approximate surface area is 232 Å². The lowest BCUT2D eigenvalue weighted by Crippen LogP contribution is -2.22. The van der Waals surface area contributed by atoms with Gasteiger partial charge in [0.05, 0.1) is 48.8 Å². The number of fused-ring (bicyclic) bond motifs is 2. The molecule has 2 unspecified atom stereocenters. The van der Waals surface area contributed by atoms with E-state index in [1.807, 2.05) is 22.9 Å². The van der Waals surface area contributed by atoms with Gasteiger partial charge in [-0.1, -0.05) is 21.1 Å². The molecule has 1 fully saturated rings. The van der Waals surface area contributed by atoms with Gasteiger partial charge in [-0.15, -0.1) is 5.10 Å². The van der Waals surface area contributed by atoms with Crippen molar-refractivity contribution in [3.05, 3.63) is 46.3 Å². The molecule has 0 bridgehead atoms. The Balaban J connectivity index is 1.54. The summed E-state index contributed by atoms with van der Waals surface area (Å²) in [5, 5.41) is 23.7. The van der Waals surface area contributed by atoms with E-state index >= 15 is 0 Å². The second kappa shape index (κ2) is 12.1. The molecule has 0 spiro atoms. The van der Waals surface area contributed by atoms with E-state index in [9.17, 15) is 14.1 Å². The molecule has 14 heteroatoms. The molecule has 1 aliphatic heterocycles. The molecule has 2 aromatic heterocycles. The number of aromatic nitrogens is 5. The Morgan fingerprint density at radius 1 is 1.21 bits per heavy atom. The summed E-state index contributed by atoms with van der Waals surface area (Å²) in [5.41, 5.74) is 2.67. The first kappa shape index (κ1) is 28.3. The minimum Gasteiger partial charge on any atom is -0.393 e. The van der Waals surface area contributed by atoms with Gasteiger partial charge in [-0.2, -0.15) is 5.10 Å². The molecule has 0 saturated carbocycles. The summed E-state index contributed by atoms with van der Waals surface area (Å²) in [6.45, 7) is 3.72. The Kier molecular flexibility index (Phi) is 8.77. The normalized spacial score (nSPS) is 17.3. The Morgan fingerprint density at radius 3 is 2.69 bits per heavy atom. The van der Waals surface area contributed by atoms with Crippen LogP contribution in [0.25, 0.3) is 27.6 Å². The van der Waals surface area contributed by atoms with Crippen LogP contribution in [0, 0.1) is 5.82 Å². The molecule has 4 aromatic rings. The van der Waals surface area contributed by atoms with E-state index in [-0.39, 0.29) is 31.6 Å². The van der Waals surface area contributed by atoms with E-state index in [1.54, 1.807) is 24.6 Å². The third-order valence-corrected chi connectivity index (χ3v) is 9.16. The topological polar surface area (TPSA) is 123 Å². The van der Waals surface area contributed by atoms with Gasteiger partial charge in [0.25, 0.3) is 0 Å². The predicted molar refractivity (Wildman–Crippen MR) is 145 cm³/mol. The van der Waals surface area contributed by atoms with Crippen LogP contribution in [0.4, 0.5) is 4.39 Å². The Morgan fingerprint density at radius 2 is 2.00 bits per heavy atom. The fourth-order valence-electron chi connectivity index (χ4n) is 4.69. The van der Waals surface area contributed by atoms with E-state index in [0.717, 1.165) is 30.2 Å². The van der Waals surface area contributed by atoms with Crippen molar-refractivity contribution < 1.29 is 32.6 Å². The van der Waals surface area contributed by atoms with Gasteiger partial charge in [-0.05, 0) is 63.4 Å². The molecule has 11 nitrogen and oxygen atoms in total. The second-order valence-electron chi connectivity index (χ2n) is 8.99. The van der Waals surface area contributed by atoms with Crippen LogP contribution >= 0.6 is 23.5 Å². The molecule has 210 valence electrons. The standard InChI is InChI=1S/C25H30BrFN5O6P/c1-3-37-39(34,38-4-2)24(14-33)36-15-20-18-9-8-17(13-21(18)32(29-20)23-7-5-6-10-35-23)31-22-12-16(26)11-19(27)25(22)28-30-31/h8-9,11-13,23-24,33H,3-7,10,14-15H2,1-2H3. The zero-order chi connectivity index (χ0) is 27.6. The number of aliphatic hydroxyl groups excluding tert-OH is 1. The lowest BCUT2D eigenvalue weighted by Gasteiger charge is -2.24. The molecular formula is C25H30BrFN5O6P. The van der Waals surface area contributed by atoms with E-state index in [4.69, 9.17) is 23.6 Å². The van der Waals surface area contributed by atoms with Gasteiger partial charge < -0.3 is 23.6 Å². The average molecular weight is 626 g/mol. The number of halogens is 2. The van der Waals surface area contributed by atoms with Crippen molar-refractivity contribution in [2.24, 2.45) is 0 Å². The third-order valence-electron chi connectivity index (χ3n) is 6.45. The van der Waals surface area contributed by atoms with Gasteiger partial charge in [0, 0.05) is 16.5 Å². The van der Waals surface area contributed by atoms with Crippen LogP contribution in [-0.4, -0.2) is 62.2 Å². The average Bonchev–Trinajstić information content (AvgIpc) is 3.51. The first-order valence-electron chi connectivity index (χ1n) is 12.8. The van der Waals surface area contributed by atoms with Crippen LogP contribution in [0.1, 0.15) is 45.0 Å². The monoisotopic (exact) mass is 625 g/mol. The van der Waals surface area contributed by atoms with Crippen molar-refractivity contribution in [2.75, 3.05) is 26.4 Å². The van der Waals surface area contributed by atoms with Gasteiger partial charge in [-0.25, -0.2) is 13.8 Å². The van der Waals surface area contributed by atoms with Gasteiger partial charge >= 0.3 is 7.60 Å². The molecule has 2 atom stereocenters. The minimum atomic E-state index is -3.70. The number of hydrogen-bond acceptors (Lipinski definition) is 9. The van der Waals surface area contributed by atoms with Crippen molar-refractivity contribution in [3.8, 4) is 5.69 Å². The molecule has 3 heterocycles. The predicted octanol–water partition coefficient (Wildman–Crippen LogP) is 5.47. The fraction of sp³-hybridized carbons (Fsp3) is 0.480. The SMILES string of the molecule is CCOP(=O)(OCC)C(CO)OCc1nn(C2CCCCO2)c2cc(-n3nnc4c(F)cc(Br)cc43)ccc12. The highest BCUT2D eigenvalue weighted by Crippen LogP contribution is 2.53. The van der Waals surface area contributed by atoms with Crippen molar-refractivity contribution >= 4 is 45.5 Å². The van der Waals surface area contributed by atoms with Crippen LogP contribution in [0.3, 0.4) is 0 Å². The summed E-state index contributed by atoms with van der Waals surface area (Å²) in [6, 6.07) is 8.71. The number of nitrogens with zero attached hydrogens (tertiary/aromatic N) is 5. The highest BCUT2D eigenvalue weighted by Gasteiger charge is 2.36. The lowest BCUT2D eigenvalue weighted by molar-refractivity contribution is -0.0376. The molecule has 1 saturated heterocycles. The molecule has 5 rings (SSSR count). The number of benzene rings is 2. The van der Waals surface area contributed by atoms with Crippen LogP contribution in [0.5, 0.6) is 0 Å². The quantitative estimate of drug-likeness (QED) is 0.216. The molecule has 1 N–H and O–H groups in total. The number of ether oxygens (including phenoxy) is 2. The summed E-state index contributed by atoms with van der Waals surface area (Å²) in [7, 11) is -3.70. The number of hydrogen-bond donors (Lipinski definition) is 1. The number of aliphatic hydroxyl groups is 1. The molecule has 0 radical (unpaired) electrons. The van der Waals surface area contributed by atoms with E-state index in [0.29, 0.717) is 28.0 Å². The fourth-order valence-corrected chi connectivity index (χ4v) is 6.69. The second-order valence-corrected chi connectivity index (χ2v) is 12.1. The molecule has 2 aromatic carbocycles. The van der Waals surface area contributed by atoms with Gasteiger partial charge in [0.1, 0.15) is 5.52 Å². The van der Waals surface area contributed by atoms with Gasteiger partial charge in [-0.3, -0.25) is 4.57 Å². The maximum Gasteiger partial charge on any atom is 0.361 e. The maximum absolute atomic E-state index is 14.5. The molecule has 39 heavy (non-hydrogen) atoms. The van der Waals surface area contributed by atoms with Crippen molar-refractivity contribution in [1.82, 2.24) is 24.8 Å². The van der Waals surface area contributed by atoms with Crippen LogP contribution in [0.2, 0.25) is 0 Å². The van der Waals surface area contributed by atoms with Crippen molar-refractivity contribution in [2.45, 2.75) is 51.8 Å². The summed E-state index contributed by atoms with van der Waals surface area (Å²) in [4.78, 5) is 0. The van der Waals surface area contributed by atoms with Gasteiger partial charge in [0.15, 0.2) is 17.9 Å². The van der Waals surface area contributed by atoms with Crippen molar-refractivity contribution in [1.29, 1.82) is 0 Å². The number of rotatable bonds is 11. The first-order chi connectivity index (χ1) is 18.9. The minimum absolute atomic E-state index is 0.0463. The zero-order valence-electron chi connectivity index (χ0n) is 21.6. The Bertz CT molecular complexity index is 1500. The van der Waals surface area contributed by atoms with Crippen LogP contribution < -0.4 is 0 Å². The highest BCUT2D eigenvalue weighted by atomic mass is 79.9. The third kappa shape index (κ3) is 5.67. The summed E-state index contributed by atoms with van der Waals surface area (Å²) in [5.74, 6) is -1.64. The summed E-state index contributed by atoms with van der Waals surface area (Å²) < 4.78 is 54.2. The van der Waals surface area contributed by atoms with E-state index in [1.165, 1.54) is 6.07 Å². The largest absolute Gasteiger partial charge is 0.393 e. The van der Waals surface area contributed by atoms with E-state index < -0.39 is 25.9 Å². The molecule has 0 amide bonds. The summed E-state index contributed by atoms with van der Waals surface area (Å²) in [6.07, 6.45) is 2.48. The molecule has 1 aliphatic rings. The smallest absolute Gasteiger partial charge is 0.361 e. The van der Waals surface area contributed by atoms with Crippen LogP contribution in [-0.2, 0) is 29.7 Å². The highest BCUT2D eigenvalue weighted by molar-refractivity contribution is 9.10. The Hall–Kier alpha value is -2.25. The van der Waals surface area contributed by atoms with E-state index in [2.05, 4.69) is 26.2 Å². The molecule has 0 aliphatic carbocycles. The first-order valence-corrected chi connectivity index (χ1v) is 15.2. The lowest BCUT2D eigenvalue weighted by atomic mass is 10.1. The van der Waals surface area contributed by atoms with Gasteiger partial charge in [0.2, 0.25) is 0 Å². The van der Waals surface area contributed by atoms with Crippen LogP contribution in [0.15, 0.2) is 34.8 Å². The maximum atomic E-state index is 14.5. The van der Waals surface area contributed by atoms with Crippen molar-refractivity contribution in [3.63, 3.8) is 0 Å². The summed E-state index contributed by atoms with van der Waals surface area (Å²) >= 11 is 3.34. The molecular weight excluding hydrogens is 596 g/mol. The zero-order valence-corrected chi connectivity index (χ0v) is 24.1.